The second-order valence-electron chi connectivity index (χ2n) is 5.74. The molecule has 0 aromatic carbocycles. The molecule has 0 spiro atoms. The minimum absolute atomic E-state index is 0. The predicted molar refractivity (Wildman–Crippen MR) is 96.4 cm³/mol. The molecule has 8 bridgehead atoms. The van der Waals surface area contributed by atoms with E-state index in [4.69, 9.17) is 0 Å². The van der Waals surface area contributed by atoms with Gasteiger partial charge in [0.1, 0.15) is 5.82 Å². The van der Waals surface area contributed by atoms with E-state index in [9.17, 15) is 0 Å². The van der Waals surface area contributed by atoms with E-state index in [1.807, 2.05) is 67.0 Å². The van der Waals surface area contributed by atoms with Gasteiger partial charge in [0.25, 0.3) is 0 Å². The standard InChI is InChI=1S/C19H13N5.Zn/c1-2-13-8-15-5-6-17(23-15)10-19-20-11-18(24-19)9-16-4-3-14(22-16)7-12(1)21-13;/h1-11,20,24H;. The summed E-state index contributed by atoms with van der Waals surface area (Å²) in [6, 6.07) is 0. The van der Waals surface area contributed by atoms with Gasteiger partial charge in [-0.1, -0.05) is 0 Å². The summed E-state index contributed by atoms with van der Waals surface area (Å²) in [4.78, 5) is 13.8. The molecule has 0 saturated heterocycles. The Morgan fingerprint density at radius 1 is 0.600 bits per heavy atom. The van der Waals surface area contributed by atoms with Crippen molar-refractivity contribution in [2.24, 2.45) is 15.0 Å². The Hall–Kier alpha value is -2.85. The van der Waals surface area contributed by atoms with Gasteiger partial charge >= 0.3 is 0 Å². The van der Waals surface area contributed by atoms with Crippen LogP contribution in [0.2, 0.25) is 0 Å². The first-order chi connectivity index (χ1) is 11.8. The second kappa shape index (κ2) is 6.22. The Morgan fingerprint density at radius 3 is 1.72 bits per heavy atom. The molecule has 25 heavy (non-hydrogen) atoms. The van der Waals surface area contributed by atoms with Crippen LogP contribution in [0.4, 0.5) is 0 Å². The maximum absolute atomic E-state index is 4.60. The molecule has 116 valence electrons. The zero-order valence-electron chi connectivity index (χ0n) is 13.4. The molecule has 6 heteroatoms. The van der Waals surface area contributed by atoms with Gasteiger partial charge in [0.2, 0.25) is 0 Å². The molecule has 2 N–H and O–H groups in total. The van der Waals surface area contributed by atoms with Crippen LogP contribution in [0.3, 0.4) is 0 Å². The summed E-state index contributed by atoms with van der Waals surface area (Å²) in [5, 5.41) is 6.52. The average molecular weight is 377 g/mol. The van der Waals surface area contributed by atoms with Crippen molar-refractivity contribution in [1.29, 1.82) is 0 Å². The summed E-state index contributed by atoms with van der Waals surface area (Å²) < 4.78 is 0. The van der Waals surface area contributed by atoms with E-state index in [1.165, 1.54) is 0 Å². The first-order valence-corrected chi connectivity index (χ1v) is 7.71. The first-order valence-electron chi connectivity index (χ1n) is 7.71. The van der Waals surface area contributed by atoms with E-state index in [0.29, 0.717) is 0 Å². The SMILES string of the molecule is C1=CC2=NC1=CC1=CNC(=CC3=NC(=CC4=NC(=C2)C=C4)C=C3)N1.[Zn]. The van der Waals surface area contributed by atoms with E-state index in [-0.39, 0.29) is 19.5 Å². The fourth-order valence-electron chi connectivity index (χ4n) is 2.81. The largest absolute Gasteiger partial charge is 0.346 e. The number of hydrogen-bond donors (Lipinski definition) is 2. The minimum Gasteiger partial charge on any atom is -0.346 e. The maximum atomic E-state index is 4.60. The number of nitrogens with zero attached hydrogens (tertiary/aromatic N) is 3. The molecule has 5 aliphatic rings. The molecule has 0 atom stereocenters. The molecule has 0 saturated carbocycles. The van der Waals surface area contributed by atoms with Gasteiger partial charge in [-0.05, 0) is 54.7 Å². The van der Waals surface area contributed by atoms with E-state index < -0.39 is 0 Å². The van der Waals surface area contributed by atoms with Crippen LogP contribution in [0.1, 0.15) is 0 Å². The molecular weight excluding hydrogens is 364 g/mol. The third-order valence-electron chi connectivity index (χ3n) is 3.90. The zero-order valence-corrected chi connectivity index (χ0v) is 16.4. The summed E-state index contributed by atoms with van der Waals surface area (Å²) >= 11 is 0. The van der Waals surface area contributed by atoms with Crippen LogP contribution in [0.15, 0.2) is 111 Å². The van der Waals surface area contributed by atoms with Gasteiger partial charge < -0.3 is 10.6 Å². The van der Waals surface area contributed by atoms with Crippen LogP contribution in [-0.4, -0.2) is 17.1 Å². The summed E-state index contributed by atoms with van der Waals surface area (Å²) in [7, 11) is 0. The van der Waals surface area contributed by atoms with Crippen LogP contribution in [0, 0.1) is 0 Å². The maximum Gasteiger partial charge on any atom is 0.109 e. The third-order valence-corrected chi connectivity index (χ3v) is 3.90. The Kier molecular flexibility index (Phi) is 3.90. The average Bonchev–Trinajstić information content (AvgIpc) is 3.32. The van der Waals surface area contributed by atoms with E-state index >= 15 is 0 Å². The number of nitrogens with one attached hydrogen (secondary N) is 2. The molecule has 5 heterocycles. The fourth-order valence-corrected chi connectivity index (χ4v) is 2.81. The predicted octanol–water partition coefficient (Wildman–Crippen LogP) is 2.56. The Morgan fingerprint density at radius 2 is 1.12 bits per heavy atom. The number of fused-ring (bicyclic) bond motifs is 5. The molecule has 0 fully saturated rings. The molecule has 5 rings (SSSR count). The van der Waals surface area contributed by atoms with Gasteiger partial charge in [0.15, 0.2) is 0 Å². The van der Waals surface area contributed by atoms with Gasteiger partial charge in [-0.25, -0.2) is 15.0 Å². The molecular formula is C19H13N5Zn. The van der Waals surface area contributed by atoms with Gasteiger partial charge in [0, 0.05) is 31.8 Å². The number of allylic oxidation sites excluding steroid dienone is 10. The Balaban J connectivity index is 0.00000157. The fraction of sp³-hybridized carbons (Fsp3) is 0. The third kappa shape index (κ3) is 3.21. The van der Waals surface area contributed by atoms with Gasteiger partial charge in [-0.3, -0.25) is 0 Å². The quantitative estimate of drug-likeness (QED) is 0.638. The van der Waals surface area contributed by atoms with Gasteiger partial charge in [-0.15, -0.1) is 0 Å². The van der Waals surface area contributed by atoms with Crippen molar-refractivity contribution < 1.29 is 19.5 Å². The molecule has 5 nitrogen and oxygen atoms in total. The summed E-state index contributed by atoms with van der Waals surface area (Å²) in [6.45, 7) is 0. The topological polar surface area (TPSA) is 61.1 Å². The molecule has 0 unspecified atom stereocenters. The smallest absolute Gasteiger partial charge is 0.109 e. The summed E-state index contributed by atoms with van der Waals surface area (Å²) in [5.74, 6) is 0.894. The van der Waals surface area contributed by atoms with Crippen molar-refractivity contribution >= 4 is 17.1 Å². The monoisotopic (exact) mass is 375 g/mol. The van der Waals surface area contributed by atoms with Crippen molar-refractivity contribution in [1.82, 2.24) is 10.6 Å². The van der Waals surface area contributed by atoms with E-state index in [0.717, 1.165) is 45.7 Å². The number of hydrogen-bond acceptors (Lipinski definition) is 5. The van der Waals surface area contributed by atoms with Crippen molar-refractivity contribution in [3.63, 3.8) is 0 Å². The number of aliphatic imine (C=N–C) groups is 3. The van der Waals surface area contributed by atoms with Crippen LogP contribution < -0.4 is 10.6 Å². The number of rotatable bonds is 0. The van der Waals surface area contributed by atoms with Crippen molar-refractivity contribution in [3.05, 3.63) is 95.6 Å². The first kappa shape index (κ1) is 15.7. The van der Waals surface area contributed by atoms with Crippen molar-refractivity contribution in [2.45, 2.75) is 0 Å². The molecule has 0 aromatic rings. The van der Waals surface area contributed by atoms with Crippen LogP contribution >= 0.6 is 0 Å². The normalized spacial score (nSPS) is 21.8. The molecule has 0 amide bonds. The van der Waals surface area contributed by atoms with Gasteiger partial charge in [0.05, 0.1) is 39.9 Å². The Labute approximate surface area is 157 Å². The van der Waals surface area contributed by atoms with E-state index in [2.05, 4.69) is 25.6 Å². The van der Waals surface area contributed by atoms with E-state index in [1.54, 1.807) is 0 Å². The van der Waals surface area contributed by atoms with Crippen LogP contribution in [0.25, 0.3) is 0 Å². The second-order valence-corrected chi connectivity index (χ2v) is 5.74. The molecule has 0 radical (unpaired) electrons. The van der Waals surface area contributed by atoms with Crippen LogP contribution in [-0.2, 0) is 19.5 Å². The molecule has 5 aliphatic heterocycles. The molecule has 0 aliphatic carbocycles. The minimum atomic E-state index is 0. The summed E-state index contributed by atoms with van der Waals surface area (Å²) in [5.41, 5.74) is 6.34. The van der Waals surface area contributed by atoms with Crippen LogP contribution in [0.5, 0.6) is 0 Å². The Bertz CT molecular complexity index is 991. The van der Waals surface area contributed by atoms with Gasteiger partial charge in [-0.2, -0.15) is 0 Å². The van der Waals surface area contributed by atoms with Crippen molar-refractivity contribution in [2.75, 3.05) is 0 Å². The van der Waals surface area contributed by atoms with Crippen molar-refractivity contribution in [3.8, 4) is 0 Å². The zero-order chi connectivity index (χ0) is 15.9. The molecule has 0 aromatic heterocycles. The summed E-state index contributed by atoms with van der Waals surface area (Å²) in [6.07, 6.45) is 21.8.